The van der Waals surface area contributed by atoms with Gasteiger partial charge in [0.05, 0.1) is 10.0 Å². The molecule has 0 spiro atoms. The molecule has 6 heteroatoms. The van der Waals surface area contributed by atoms with Crippen LogP contribution in [0.2, 0.25) is 10.0 Å². The number of hydrogen-bond acceptors (Lipinski definition) is 3. The van der Waals surface area contributed by atoms with Crippen LogP contribution >= 0.6 is 34.8 Å². The Morgan fingerprint density at radius 1 is 1.29 bits per heavy atom. The Bertz CT molecular complexity index is 613. The van der Waals surface area contributed by atoms with E-state index in [0.717, 1.165) is 5.69 Å². The van der Waals surface area contributed by atoms with Crippen molar-refractivity contribution < 1.29 is 9.53 Å². The van der Waals surface area contributed by atoms with Crippen molar-refractivity contribution in [1.82, 2.24) is 4.98 Å². The van der Waals surface area contributed by atoms with Gasteiger partial charge in [-0.3, -0.25) is 0 Å². The van der Waals surface area contributed by atoms with Crippen molar-refractivity contribution >= 4 is 51.1 Å². The molecule has 1 aromatic heterocycles. The van der Waals surface area contributed by atoms with Crippen molar-refractivity contribution in [1.29, 1.82) is 0 Å². The van der Waals surface area contributed by atoms with E-state index >= 15 is 0 Å². The highest BCUT2D eigenvalue weighted by molar-refractivity contribution is 6.61. The summed E-state index contributed by atoms with van der Waals surface area (Å²) in [6, 6.07) is 5.06. The predicted octanol–water partition coefficient (Wildman–Crippen LogP) is 4.59. The van der Waals surface area contributed by atoms with Crippen molar-refractivity contribution in [3.8, 4) is 5.75 Å². The minimum atomic E-state index is -0.973. The van der Waals surface area contributed by atoms with Crippen LogP contribution in [-0.4, -0.2) is 10.4 Å². The lowest BCUT2D eigenvalue weighted by atomic mass is 10.2. The number of ether oxygens (including phenoxy) is 1. The van der Waals surface area contributed by atoms with Crippen LogP contribution in [0.15, 0.2) is 18.2 Å². The Balaban J connectivity index is 2.80. The third-order valence-electron chi connectivity index (χ3n) is 2.16. The number of carbonyl (C=O) groups is 1. The van der Waals surface area contributed by atoms with Gasteiger partial charge in [0.1, 0.15) is 5.52 Å². The molecule has 88 valence electrons. The Morgan fingerprint density at radius 2 is 2.00 bits per heavy atom. The summed E-state index contributed by atoms with van der Waals surface area (Å²) in [5.74, 6) is 0.120. The van der Waals surface area contributed by atoms with Crippen molar-refractivity contribution in [3.63, 3.8) is 0 Å². The quantitative estimate of drug-likeness (QED) is 0.721. The van der Waals surface area contributed by atoms with Gasteiger partial charge in [-0.2, -0.15) is 0 Å². The molecule has 0 saturated carbocycles. The predicted molar refractivity (Wildman–Crippen MR) is 68.4 cm³/mol. The highest BCUT2D eigenvalue weighted by Crippen LogP contribution is 2.37. The number of aryl methyl sites for hydroxylation is 1. The molecular weight excluding hydrogens is 284 g/mol. The van der Waals surface area contributed by atoms with Gasteiger partial charge < -0.3 is 4.74 Å². The fourth-order valence-electron chi connectivity index (χ4n) is 1.47. The molecule has 0 aliphatic heterocycles. The first-order valence-corrected chi connectivity index (χ1v) is 5.75. The number of fused-ring (bicyclic) bond motifs is 1. The lowest BCUT2D eigenvalue weighted by Gasteiger charge is -2.08. The number of aromatic nitrogens is 1. The summed E-state index contributed by atoms with van der Waals surface area (Å²) < 4.78 is 4.84. The fraction of sp³-hybridized carbons (Fsp3) is 0.0909. The second kappa shape index (κ2) is 4.69. The second-order valence-electron chi connectivity index (χ2n) is 3.36. The lowest BCUT2D eigenvalue weighted by Crippen LogP contribution is -1.99. The Hall–Kier alpha value is -1.03. The number of rotatable bonds is 1. The molecule has 0 saturated heterocycles. The third kappa shape index (κ3) is 2.46. The molecule has 0 radical (unpaired) electrons. The highest BCUT2D eigenvalue weighted by atomic mass is 35.5. The molecule has 17 heavy (non-hydrogen) atoms. The largest absolute Gasteiger partial charge is 0.411 e. The zero-order valence-electron chi connectivity index (χ0n) is 8.63. The van der Waals surface area contributed by atoms with Gasteiger partial charge in [-0.15, -0.1) is 0 Å². The van der Waals surface area contributed by atoms with E-state index in [4.69, 9.17) is 39.5 Å². The number of halogens is 3. The Labute approximate surface area is 112 Å². The maximum atomic E-state index is 10.8. The molecule has 1 heterocycles. The number of nitrogens with zero attached hydrogens (tertiary/aromatic N) is 1. The van der Waals surface area contributed by atoms with Crippen LogP contribution in [0.5, 0.6) is 5.75 Å². The molecule has 0 amide bonds. The summed E-state index contributed by atoms with van der Waals surface area (Å²) >= 11 is 17.2. The van der Waals surface area contributed by atoms with Crippen LogP contribution in [0.3, 0.4) is 0 Å². The molecule has 0 aliphatic rings. The van der Waals surface area contributed by atoms with Gasteiger partial charge >= 0.3 is 5.43 Å². The van der Waals surface area contributed by atoms with Gasteiger partial charge in [0.15, 0.2) is 5.75 Å². The summed E-state index contributed by atoms with van der Waals surface area (Å²) in [5.41, 5.74) is 0.193. The minimum Gasteiger partial charge on any atom is -0.411 e. The van der Waals surface area contributed by atoms with Gasteiger partial charge in [-0.1, -0.05) is 23.2 Å². The van der Waals surface area contributed by atoms with Crippen LogP contribution in [0.4, 0.5) is 4.79 Å². The van der Waals surface area contributed by atoms with E-state index in [9.17, 15) is 4.79 Å². The van der Waals surface area contributed by atoms with Crippen molar-refractivity contribution in [2.75, 3.05) is 0 Å². The smallest absolute Gasteiger partial charge is 0.409 e. The second-order valence-corrected chi connectivity index (χ2v) is 4.48. The third-order valence-corrected chi connectivity index (χ3v) is 2.83. The average Bonchev–Trinajstić information content (AvgIpc) is 2.23. The van der Waals surface area contributed by atoms with Crippen LogP contribution in [-0.2, 0) is 0 Å². The molecule has 2 rings (SSSR count). The summed E-state index contributed by atoms with van der Waals surface area (Å²) in [6.45, 7) is 1.81. The molecule has 2 aromatic rings. The maximum absolute atomic E-state index is 10.8. The number of benzene rings is 1. The van der Waals surface area contributed by atoms with Crippen LogP contribution in [0.25, 0.3) is 10.9 Å². The molecule has 0 unspecified atom stereocenters. The SMILES string of the molecule is Cc1ccc2c(Cl)cc(Cl)c(OC(=O)Cl)c2n1. The molecule has 1 aromatic carbocycles. The van der Waals surface area contributed by atoms with Gasteiger partial charge in [0, 0.05) is 22.7 Å². The van der Waals surface area contributed by atoms with E-state index in [2.05, 4.69) is 4.98 Å². The van der Waals surface area contributed by atoms with E-state index < -0.39 is 5.43 Å². The van der Waals surface area contributed by atoms with E-state index in [1.54, 1.807) is 19.1 Å². The summed E-state index contributed by atoms with van der Waals surface area (Å²) in [7, 11) is 0. The normalized spacial score (nSPS) is 10.6. The highest BCUT2D eigenvalue weighted by Gasteiger charge is 2.15. The standard InChI is InChI=1S/C11H6Cl3NO2/c1-5-2-3-6-7(12)4-8(13)10(9(6)15-5)17-11(14)16/h2-4H,1H3. The van der Waals surface area contributed by atoms with Crippen LogP contribution in [0, 0.1) is 6.92 Å². The van der Waals surface area contributed by atoms with Gasteiger partial charge in [0.2, 0.25) is 0 Å². The van der Waals surface area contributed by atoms with E-state index in [1.807, 2.05) is 0 Å². The zero-order valence-corrected chi connectivity index (χ0v) is 10.9. The molecule has 0 atom stereocenters. The number of carbonyl (C=O) groups excluding carboxylic acids is 1. The Kier molecular flexibility index (Phi) is 3.43. The molecule has 0 fully saturated rings. The molecule has 0 bridgehead atoms. The topological polar surface area (TPSA) is 39.2 Å². The first kappa shape index (κ1) is 12.4. The molecule has 0 N–H and O–H groups in total. The number of pyridine rings is 1. The van der Waals surface area contributed by atoms with Gasteiger partial charge in [-0.05, 0) is 25.1 Å². The first-order valence-electron chi connectivity index (χ1n) is 4.61. The van der Waals surface area contributed by atoms with Crippen LogP contribution in [0.1, 0.15) is 5.69 Å². The van der Waals surface area contributed by atoms with E-state index in [0.29, 0.717) is 15.9 Å². The van der Waals surface area contributed by atoms with E-state index in [-0.39, 0.29) is 10.8 Å². The monoisotopic (exact) mass is 289 g/mol. The van der Waals surface area contributed by atoms with Crippen molar-refractivity contribution in [3.05, 3.63) is 33.9 Å². The zero-order chi connectivity index (χ0) is 12.6. The summed E-state index contributed by atoms with van der Waals surface area (Å²) in [6.07, 6.45) is 0. The van der Waals surface area contributed by atoms with Gasteiger partial charge in [-0.25, -0.2) is 9.78 Å². The average molecular weight is 291 g/mol. The van der Waals surface area contributed by atoms with Crippen LogP contribution < -0.4 is 4.74 Å². The molecule has 0 aliphatic carbocycles. The van der Waals surface area contributed by atoms with Crippen molar-refractivity contribution in [2.24, 2.45) is 0 Å². The molecule has 3 nitrogen and oxygen atoms in total. The minimum absolute atomic E-state index is 0.120. The molecular formula is C11H6Cl3NO2. The first-order chi connectivity index (χ1) is 7.99. The lowest BCUT2D eigenvalue weighted by molar-refractivity contribution is 0.226. The van der Waals surface area contributed by atoms with Crippen molar-refractivity contribution in [2.45, 2.75) is 6.92 Å². The number of hydrogen-bond donors (Lipinski definition) is 0. The van der Waals surface area contributed by atoms with E-state index in [1.165, 1.54) is 6.07 Å². The summed E-state index contributed by atoms with van der Waals surface area (Å²) in [5, 5.41) is 1.27. The summed E-state index contributed by atoms with van der Waals surface area (Å²) in [4.78, 5) is 15.0. The maximum Gasteiger partial charge on any atom is 0.409 e. The fourth-order valence-corrected chi connectivity index (χ4v) is 2.10. The van der Waals surface area contributed by atoms with Gasteiger partial charge in [0.25, 0.3) is 0 Å². The Morgan fingerprint density at radius 3 is 2.65 bits per heavy atom.